The van der Waals surface area contributed by atoms with E-state index in [-0.39, 0.29) is 0 Å². The molecule has 1 aromatic heterocycles. The second-order valence-electron chi connectivity index (χ2n) is 5.01. The molecule has 0 saturated heterocycles. The van der Waals surface area contributed by atoms with Crippen molar-refractivity contribution in [1.82, 2.24) is 4.98 Å². The minimum absolute atomic E-state index is 0.382. The lowest BCUT2D eigenvalue weighted by molar-refractivity contribution is 0.467. The van der Waals surface area contributed by atoms with Gasteiger partial charge in [-0.1, -0.05) is 23.8 Å². The van der Waals surface area contributed by atoms with Crippen LogP contribution in [0, 0.1) is 13.8 Å². The third-order valence-electron chi connectivity index (χ3n) is 3.15. The normalized spacial score (nSPS) is 12.1. The molecule has 0 atom stereocenters. The molecule has 0 bridgehead atoms. The average molecular weight is 265 g/mol. The third-order valence-corrected chi connectivity index (χ3v) is 3.15. The van der Waals surface area contributed by atoms with E-state index in [0.29, 0.717) is 5.75 Å². The Morgan fingerprint density at radius 3 is 2.25 bits per heavy atom. The maximum atomic E-state index is 9.78. The molecular formula is C18H19NO. The second kappa shape index (κ2) is 6.20. The van der Waals surface area contributed by atoms with E-state index >= 15 is 0 Å². The minimum atomic E-state index is 0.382. The Morgan fingerprint density at radius 1 is 1.05 bits per heavy atom. The molecule has 0 radical (unpaired) electrons. The summed E-state index contributed by atoms with van der Waals surface area (Å²) in [5.41, 5.74) is 5.20. The predicted octanol–water partition coefficient (Wildman–Crippen LogP) is 4.52. The van der Waals surface area contributed by atoms with Crippen molar-refractivity contribution in [2.24, 2.45) is 0 Å². The van der Waals surface area contributed by atoms with E-state index in [2.05, 4.69) is 30.1 Å². The first-order valence-corrected chi connectivity index (χ1v) is 6.63. The molecule has 0 amide bonds. The molecule has 0 fully saturated rings. The first-order chi connectivity index (χ1) is 9.56. The number of aromatic nitrogens is 1. The van der Waals surface area contributed by atoms with Crippen LogP contribution in [0.15, 0.2) is 48.3 Å². The third kappa shape index (κ3) is 3.58. The summed E-state index contributed by atoms with van der Waals surface area (Å²) in [5.74, 6) is 0.382. The maximum absolute atomic E-state index is 9.78. The standard InChI is InChI=1S/C18H19NO/c1-13(4-5-16-6-8-19-9-7-16)10-17-11-14(2)18(20)15(3)12-17/h4-12,20H,1-3H3/b5-4+,13-10+. The van der Waals surface area contributed by atoms with Crippen LogP contribution >= 0.6 is 0 Å². The Kier molecular flexibility index (Phi) is 4.36. The lowest BCUT2D eigenvalue weighted by Crippen LogP contribution is -1.84. The predicted molar refractivity (Wildman–Crippen MR) is 84.5 cm³/mol. The van der Waals surface area contributed by atoms with Gasteiger partial charge in [-0.3, -0.25) is 4.98 Å². The number of phenolic OH excluding ortho intramolecular Hbond substituents is 1. The number of rotatable bonds is 3. The molecule has 102 valence electrons. The molecule has 1 aromatic carbocycles. The van der Waals surface area contributed by atoms with Crippen LogP contribution in [0.5, 0.6) is 5.75 Å². The largest absolute Gasteiger partial charge is 0.507 e. The SMILES string of the molecule is CC(/C=C/c1ccncc1)=C\c1cc(C)c(O)c(C)c1. The van der Waals surface area contributed by atoms with Crippen molar-refractivity contribution in [3.05, 3.63) is 70.6 Å². The van der Waals surface area contributed by atoms with Gasteiger partial charge in [0.05, 0.1) is 0 Å². The molecule has 0 aliphatic heterocycles. The first-order valence-electron chi connectivity index (χ1n) is 6.63. The summed E-state index contributed by atoms with van der Waals surface area (Å²) in [7, 11) is 0. The van der Waals surface area contributed by atoms with Gasteiger partial charge in [-0.15, -0.1) is 0 Å². The zero-order chi connectivity index (χ0) is 14.5. The van der Waals surface area contributed by atoms with E-state index in [1.54, 1.807) is 12.4 Å². The summed E-state index contributed by atoms with van der Waals surface area (Å²) >= 11 is 0. The highest BCUT2D eigenvalue weighted by Gasteiger charge is 2.01. The lowest BCUT2D eigenvalue weighted by atomic mass is 10.0. The molecule has 2 nitrogen and oxygen atoms in total. The Labute approximate surface area is 120 Å². The molecule has 0 saturated carbocycles. The topological polar surface area (TPSA) is 33.1 Å². The zero-order valence-electron chi connectivity index (χ0n) is 12.1. The minimum Gasteiger partial charge on any atom is -0.507 e. The summed E-state index contributed by atoms with van der Waals surface area (Å²) in [6, 6.07) is 7.93. The number of allylic oxidation sites excluding steroid dienone is 2. The van der Waals surface area contributed by atoms with E-state index < -0.39 is 0 Å². The van der Waals surface area contributed by atoms with Gasteiger partial charge in [0.2, 0.25) is 0 Å². The van der Waals surface area contributed by atoms with Crippen molar-refractivity contribution < 1.29 is 5.11 Å². The summed E-state index contributed by atoms with van der Waals surface area (Å²) in [4.78, 5) is 4.00. The summed E-state index contributed by atoms with van der Waals surface area (Å²) in [6.45, 7) is 5.90. The van der Waals surface area contributed by atoms with E-state index in [4.69, 9.17) is 0 Å². The van der Waals surface area contributed by atoms with Crippen LogP contribution in [0.3, 0.4) is 0 Å². The van der Waals surface area contributed by atoms with Gasteiger partial charge in [-0.2, -0.15) is 0 Å². The molecule has 1 N–H and O–H groups in total. The number of phenols is 1. The van der Waals surface area contributed by atoms with Crippen molar-refractivity contribution in [2.45, 2.75) is 20.8 Å². The summed E-state index contributed by atoms with van der Waals surface area (Å²) < 4.78 is 0. The van der Waals surface area contributed by atoms with Gasteiger partial charge in [-0.05, 0) is 67.3 Å². The van der Waals surface area contributed by atoms with Gasteiger partial charge in [0, 0.05) is 12.4 Å². The number of aromatic hydroxyl groups is 1. The Hall–Kier alpha value is -2.35. The quantitative estimate of drug-likeness (QED) is 0.828. The number of pyridine rings is 1. The first kappa shape index (κ1) is 14.1. The van der Waals surface area contributed by atoms with Crippen LogP contribution in [-0.2, 0) is 0 Å². The average Bonchev–Trinajstić information content (AvgIpc) is 2.43. The van der Waals surface area contributed by atoms with E-state index in [0.717, 1.165) is 27.8 Å². The molecule has 0 aliphatic rings. The van der Waals surface area contributed by atoms with Crippen LogP contribution in [0.2, 0.25) is 0 Å². The summed E-state index contributed by atoms with van der Waals surface area (Å²) in [6.07, 6.45) is 9.81. The van der Waals surface area contributed by atoms with Crippen molar-refractivity contribution in [3.63, 3.8) is 0 Å². The van der Waals surface area contributed by atoms with Crippen LogP contribution in [0.4, 0.5) is 0 Å². The van der Waals surface area contributed by atoms with Gasteiger partial charge in [-0.25, -0.2) is 0 Å². The van der Waals surface area contributed by atoms with Crippen molar-refractivity contribution in [1.29, 1.82) is 0 Å². The number of aryl methyl sites for hydroxylation is 2. The van der Waals surface area contributed by atoms with Crippen LogP contribution in [0.25, 0.3) is 12.2 Å². The highest BCUT2D eigenvalue weighted by atomic mass is 16.3. The maximum Gasteiger partial charge on any atom is 0.121 e. The highest BCUT2D eigenvalue weighted by molar-refractivity contribution is 5.62. The number of hydrogen-bond acceptors (Lipinski definition) is 2. The summed E-state index contributed by atoms with van der Waals surface area (Å²) in [5, 5.41) is 9.78. The number of nitrogens with zero attached hydrogens (tertiary/aromatic N) is 1. The Morgan fingerprint density at radius 2 is 1.65 bits per heavy atom. The molecule has 1 heterocycles. The molecule has 2 aromatic rings. The van der Waals surface area contributed by atoms with E-state index in [1.807, 2.05) is 38.1 Å². The van der Waals surface area contributed by atoms with E-state index in [9.17, 15) is 5.11 Å². The van der Waals surface area contributed by atoms with Gasteiger partial charge >= 0.3 is 0 Å². The van der Waals surface area contributed by atoms with Crippen molar-refractivity contribution in [3.8, 4) is 5.75 Å². The number of hydrogen-bond donors (Lipinski definition) is 1. The van der Waals surface area contributed by atoms with E-state index in [1.165, 1.54) is 0 Å². The second-order valence-corrected chi connectivity index (χ2v) is 5.01. The van der Waals surface area contributed by atoms with Crippen LogP contribution < -0.4 is 0 Å². The Bertz CT molecular complexity index is 631. The molecule has 0 aliphatic carbocycles. The zero-order valence-corrected chi connectivity index (χ0v) is 12.1. The van der Waals surface area contributed by atoms with Gasteiger partial charge in [0.15, 0.2) is 0 Å². The monoisotopic (exact) mass is 265 g/mol. The fourth-order valence-electron chi connectivity index (χ4n) is 2.09. The molecular weight excluding hydrogens is 246 g/mol. The fraction of sp³-hybridized carbons (Fsp3) is 0.167. The van der Waals surface area contributed by atoms with Gasteiger partial charge in [0.25, 0.3) is 0 Å². The molecule has 0 unspecified atom stereocenters. The Balaban J connectivity index is 2.21. The van der Waals surface area contributed by atoms with Gasteiger partial charge < -0.3 is 5.11 Å². The van der Waals surface area contributed by atoms with Crippen molar-refractivity contribution >= 4 is 12.2 Å². The molecule has 20 heavy (non-hydrogen) atoms. The lowest BCUT2D eigenvalue weighted by Gasteiger charge is -2.05. The number of benzene rings is 1. The van der Waals surface area contributed by atoms with Crippen LogP contribution in [0.1, 0.15) is 29.2 Å². The fourth-order valence-corrected chi connectivity index (χ4v) is 2.09. The van der Waals surface area contributed by atoms with Crippen molar-refractivity contribution in [2.75, 3.05) is 0 Å². The molecule has 0 spiro atoms. The van der Waals surface area contributed by atoms with Gasteiger partial charge in [0.1, 0.15) is 5.75 Å². The molecule has 2 rings (SSSR count). The molecule has 2 heteroatoms. The highest BCUT2D eigenvalue weighted by Crippen LogP contribution is 2.24. The smallest absolute Gasteiger partial charge is 0.121 e. The van der Waals surface area contributed by atoms with Crippen LogP contribution in [-0.4, -0.2) is 10.1 Å².